The molecule has 0 bridgehead atoms. The zero-order chi connectivity index (χ0) is 31.7. The number of fused-ring (bicyclic) bond motifs is 6. The lowest BCUT2D eigenvalue weighted by molar-refractivity contribution is -1.000. The van der Waals surface area contributed by atoms with E-state index in [2.05, 4.69) is 67.1 Å². The summed E-state index contributed by atoms with van der Waals surface area (Å²) < 4.78 is 65.3. The lowest BCUT2D eigenvalue weighted by Gasteiger charge is -2.46. The second kappa shape index (κ2) is 9.02. The molecule has 0 amide bonds. The predicted molar refractivity (Wildman–Crippen MR) is 164 cm³/mol. The molecule has 0 saturated heterocycles. The van der Waals surface area contributed by atoms with E-state index in [-0.39, 0.29) is 5.82 Å². The van der Waals surface area contributed by atoms with Crippen molar-refractivity contribution in [3.63, 3.8) is 0 Å². The highest BCUT2D eigenvalue weighted by Crippen LogP contribution is 2.59. The van der Waals surface area contributed by atoms with E-state index in [0.717, 1.165) is 52.4 Å². The van der Waals surface area contributed by atoms with Gasteiger partial charge < -0.3 is 0 Å². The first-order valence-corrected chi connectivity index (χ1v) is 16.0. The van der Waals surface area contributed by atoms with Crippen LogP contribution in [-0.4, -0.2) is 9.78 Å². The standard InChI is InChI=1S/C37H36F4N4/c1-6-9-12-22-14-15-24-30-23(22)18-20-44-33(30)31-25(16-17-26(38)32(31)34(24,4)5)35(7-2,8-3)37(44)43-19-11-10-13-27(43)28-21-29(36(39,40)41)42-45(28)37/h10-11,13-21H,6-9,12H2,1-5H3/q+2. The van der Waals surface area contributed by atoms with E-state index < -0.39 is 28.5 Å². The Morgan fingerprint density at radius 3 is 2.36 bits per heavy atom. The summed E-state index contributed by atoms with van der Waals surface area (Å²) in [5, 5.41) is 6.58. The van der Waals surface area contributed by atoms with Crippen LogP contribution in [0.4, 0.5) is 17.6 Å². The largest absolute Gasteiger partial charge is 0.478 e. The first-order valence-electron chi connectivity index (χ1n) is 16.0. The number of alkyl halides is 3. The first kappa shape index (κ1) is 28.4. The Bertz CT molecular complexity index is 2070. The number of benzene rings is 2. The second-order valence-corrected chi connectivity index (χ2v) is 13.4. The maximum Gasteiger partial charge on any atom is 0.478 e. The Morgan fingerprint density at radius 1 is 0.889 bits per heavy atom. The SMILES string of the molecule is CCCCc1ccc2c3c4[n+](ccc13)C1(n3nc(C(F)(F)F)cc3-c3cccc[n+]31)C(CC)(CC)c1ccc(F)c(c1-4)C2(C)C. The third-order valence-corrected chi connectivity index (χ3v) is 11.1. The van der Waals surface area contributed by atoms with Crippen LogP contribution in [0.3, 0.4) is 0 Å². The summed E-state index contributed by atoms with van der Waals surface area (Å²) in [7, 11) is 0. The molecule has 1 spiro atoms. The number of aromatic nitrogens is 4. The highest BCUT2D eigenvalue weighted by molar-refractivity contribution is 6.02. The lowest BCUT2D eigenvalue weighted by atomic mass is 9.60. The van der Waals surface area contributed by atoms with E-state index >= 15 is 4.39 Å². The van der Waals surface area contributed by atoms with Gasteiger partial charge in [0.25, 0.3) is 0 Å². The van der Waals surface area contributed by atoms with Gasteiger partial charge in [-0.05, 0) is 59.9 Å². The number of hydrogen-bond acceptors (Lipinski definition) is 1. The maximum atomic E-state index is 16.3. The van der Waals surface area contributed by atoms with Gasteiger partial charge in [0, 0.05) is 35.2 Å². The fourth-order valence-corrected chi connectivity index (χ4v) is 9.16. The number of rotatable bonds is 5. The molecule has 8 rings (SSSR count). The van der Waals surface area contributed by atoms with Crippen LogP contribution in [-0.2, 0) is 29.2 Å². The second-order valence-electron chi connectivity index (χ2n) is 13.4. The Balaban J connectivity index is 1.64. The van der Waals surface area contributed by atoms with Crippen molar-refractivity contribution in [1.29, 1.82) is 0 Å². The van der Waals surface area contributed by atoms with Crippen LogP contribution in [0.1, 0.15) is 88.2 Å². The first-order chi connectivity index (χ1) is 21.5. The fraction of sp³-hybridized carbons (Fsp3) is 0.378. The zero-order valence-corrected chi connectivity index (χ0v) is 26.2. The maximum absolute atomic E-state index is 16.3. The molecule has 1 aliphatic carbocycles. The number of pyridine rings is 2. The molecule has 5 aromatic rings. The molecular formula is C37H36F4N4+2. The lowest BCUT2D eigenvalue weighted by Crippen LogP contribution is -2.85. The van der Waals surface area contributed by atoms with E-state index in [1.807, 2.05) is 36.7 Å². The van der Waals surface area contributed by atoms with Crippen LogP contribution in [0.25, 0.3) is 33.4 Å². The van der Waals surface area contributed by atoms with Crippen molar-refractivity contribution >= 4 is 10.8 Å². The van der Waals surface area contributed by atoms with Crippen LogP contribution < -0.4 is 9.13 Å². The van der Waals surface area contributed by atoms with Crippen LogP contribution in [0.2, 0.25) is 0 Å². The van der Waals surface area contributed by atoms with E-state index in [9.17, 15) is 13.2 Å². The van der Waals surface area contributed by atoms with Gasteiger partial charge in [0.2, 0.25) is 11.4 Å². The number of unbranched alkanes of at least 4 members (excludes halogenated alkanes) is 1. The van der Waals surface area contributed by atoms with Gasteiger partial charge in [-0.15, -0.1) is 13.8 Å². The summed E-state index contributed by atoms with van der Waals surface area (Å²) in [4.78, 5) is 0. The third kappa shape index (κ3) is 3.16. The summed E-state index contributed by atoms with van der Waals surface area (Å²) in [6.07, 6.45) is 3.54. The van der Waals surface area contributed by atoms with Crippen LogP contribution >= 0.6 is 0 Å². The third-order valence-electron chi connectivity index (χ3n) is 11.1. The number of aryl methyl sites for hydroxylation is 1. The van der Waals surface area contributed by atoms with E-state index in [1.165, 1.54) is 11.6 Å². The molecule has 230 valence electrons. The summed E-state index contributed by atoms with van der Waals surface area (Å²) in [6.45, 7) is 10.5. The normalized spacial score (nSPS) is 19.7. The molecule has 0 saturated carbocycles. The molecule has 3 aliphatic rings. The average molecular weight is 613 g/mol. The van der Waals surface area contributed by atoms with E-state index in [0.29, 0.717) is 29.8 Å². The highest BCUT2D eigenvalue weighted by Gasteiger charge is 2.77. The van der Waals surface area contributed by atoms with Gasteiger partial charge in [0.15, 0.2) is 23.5 Å². The van der Waals surface area contributed by atoms with Crippen LogP contribution in [0.5, 0.6) is 0 Å². The van der Waals surface area contributed by atoms with Gasteiger partial charge in [0.05, 0.1) is 10.9 Å². The molecule has 2 aromatic carbocycles. The molecule has 8 heteroatoms. The van der Waals surface area contributed by atoms with Gasteiger partial charge in [-0.1, -0.05) is 59.2 Å². The Morgan fingerprint density at radius 2 is 1.64 bits per heavy atom. The van der Waals surface area contributed by atoms with Crippen molar-refractivity contribution in [1.82, 2.24) is 9.78 Å². The minimum absolute atomic E-state index is 0.265. The Labute approximate surface area is 260 Å². The molecule has 2 aliphatic heterocycles. The van der Waals surface area contributed by atoms with Crippen molar-refractivity contribution in [2.75, 3.05) is 0 Å². The molecule has 1 atom stereocenters. The molecule has 3 aromatic heterocycles. The number of halogens is 4. The van der Waals surface area contributed by atoms with Crippen LogP contribution in [0.15, 0.2) is 67.0 Å². The summed E-state index contributed by atoms with van der Waals surface area (Å²) in [6, 6.07) is 16.7. The van der Waals surface area contributed by atoms with Gasteiger partial charge in [0.1, 0.15) is 11.5 Å². The number of hydrogen-bond donors (Lipinski definition) is 0. The van der Waals surface area contributed by atoms with Crippen molar-refractivity contribution in [2.24, 2.45) is 0 Å². The monoisotopic (exact) mass is 612 g/mol. The topological polar surface area (TPSA) is 25.6 Å². The van der Waals surface area contributed by atoms with Gasteiger partial charge in [-0.25, -0.2) is 4.39 Å². The average Bonchev–Trinajstić information content (AvgIpc) is 3.58. The minimum Gasteiger partial charge on any atom is -0.207 e. The summed E-state index contributed by atoms with van der Waals surface area (Å²) in [5.74, 6) is -1.51. The minimum atomic E-state index is -4.62. The van der Waals surface area contributed by atoms with E-state index in [1.54, 1.807) is 10.7 Å². The Kier molecular flexibility index (Phi) is 5.69. The quantitative estimate of drug-likeness (QED) is 0.145. The molecule has 45 heavy (non-hydrogen) atoms. The highest BCUT2D eigenvalue weighted by atomic mass is 19.4. The van der Waals surface area contributed by atoms with Gasteiger partial charge in [-0.3, -0.25) is 0 Å². The fourth-order valence-electron chi connectivity index (χ4n) is 9.16. The molecule has 4 nitrogen and oxygen atoms in total. The van der Waals surface area contributed by atoms with Gasteiger partial charge in [-0.2, -0.15) is 18.3 Å². The van der Waals surface area contributed by atoms with Crippen molar-refractivity contribution in [3.8, 4) is 22.6 Å². The molecule has 0 radical (unpaired) electrons. The number of nitrogens with zero attached hydrogens (tertiary/aromatic N) is 4. The van der Waals surface area contributed by atoms with Crippen molar-refractivity contribution in [3.05, 3.63) is 101 Å². The smallest absolute Gasteiger partial charge is 0.207 e. The van der Waals surface area contributed by atoms with Crippen LogP contribution in [0, 0.1) is 5.82 Å². The summed E-state index contributed by atoms with van der Waals surface area (Å²) in [5.41, 5.74) is 4.29. The van der Waals surface area contributed by atoms with Crippen molar-refractivity contribution < 1.29 is 26.7 Å². The molecule has 0 fully saturated rings. The summed E-state index contributed by atoms with van der Waals surface area (Å²) >= 11 is 0. The molecule has 5 heterocycles. The Hall–Kier alpha value is -4.07. The van der Waals surface area contributed by atoms with Crippen molar-refractivity contribution in [2.45, 2.75) is 89.5 Å². The predicted octanol–water partition coefficient (Wildman–Crippen LogP) is 8.18. The zero-order valence-electron chi connectivity index (χ0n) is 26.2. The molecule has 1 unspecified atom stereocenters. The molecular weight excluding hydrogens is 576 g/mol. The van der Waals surface area contributed by atoms with Gasteiger partial charge >= 0.3 is 12.0 Å². The molecule has 0 N–H and O–H groups in total. The van der Waals surface area contributed by atoms with E-state index in [4.69, 9.17) is 0 Å².